The number of likely N-dealkylation sites (tertiary alicyclic amines) is 2. The van der Waals surface area contributed by atoms with Crippen molar-refractivity contribution in [2.24, 2.45) is 5.92 Å². The van der Waals surface area contributed by atoms with E-state index in [1.165, 1.54) is 29.5 Å². The molecule has 1 unspecified atom stereocenters. The van der Waals surface area contributed by atoms with E-state index in [-0.39, 0.29) is 17.7 Å². The minimum absolute atomic E-state index is 0.112. The lowest BCUT2D eigenvalue weighted by molar-refractivity contribution is -0.142. The third-order valence-corrected chi connectivity index (χ3v) is 6.86. The molecule has 0 aliphatic carbocycles. The van der Waals surface area contributed by atoms with Gasteiger partial charge in [-0.3, -0.25) is 14.5 Å². The summed E-state index contributed by atoms with van der Waals surface area (Å²) in [4.78, 5) is 32.0. The van der Waals surface area contributed by atoms with Crippen LogP contribution in [0.15, 0.2) is 54.6 Å². The van der Waals surface area contributed by atoms with Crippen molar-refractivity contribution in [1.29, 1.82) is 0 Å². The lowest BCUT2D eigenvalue weighted by atomic mass is 9.95. The predicted molar refractivity (Wildman–Crippen MR) is 127 cm³/mol. The van der Waals surface area contributed by atoms with Crippen LogP contribution in [0.25, 0.3) is 0 Å². The molecule has 1 atom stereocenters. The van der Waals surface area contributed by atoms with E-state index >= 15 is 0 Å². The fourth-order valence-corrected chi connectivity index (χ4v) is 4.93. The first-order chi connectivity index (χ1) is 15.6. The highest BCUT2D eigenvalue weighted by molar-refractivity contribution is 5.83. The Labute approximate surface area is 192 Å². The second kappa shape index (κ2) is 10.8. The van der Waals surface area contributed by atoms with Crippen LogP contribution in [0.1, 0.15) is 42.4 Å². The Kier molecular flexibility index (Phi) is 7.59. The van der Waals surface area contributed by atoms with Crippen LogP contribution in [0.4, 0.5) is 0 Å². The molecule has 0 aromatic heterocycles. The topological polar surface area (TPSA) is 43.9 Å². The number of piperidine rings is 1. The zero-order valence-electron chi connectivity index (χ0n) is 19.2. The average molecular weight is 434 g/mol. The van der Waals surface area contributed by atoms with Gasteiger partial charge in [0.15, 0.2) is 0 Å². The highest BCUT2D eigenvalue weighted by Crippen LogP contribution is 2.22. The van der Waals surface area contributed by atoms with Crippen LogP contribution in [0.5, 0.6) is 0 Å². The zero-order valence-corrected chi connectivity index (χ0v) is 19.2. The summed E-state index contributed by atoms with van der Waals surface area (Å²) in [6.45, 7) is 5.12. The monoisotopic (exact) mass is 433 g/mol. The first-order valence-corrected chi connectivity index (χ1v) is 12.0. The second-order valence-electron chi connectivity index (χ2n) is 9.26. The zero-order chi connectivity index (χ0) is 22.3. The Morgan fingerprint density at radius 1 is 1.00 bits per heavy atom. The Hall–Kier alpha value is -2.66. The normalized spacial score (nSPS) is 19.3. The van der Waals surface area contributed by atoms with Crippen LogP contribution in [-0.4, -0.2) is 59.7 Å². The van der Waals surface area contributed by atoms with Crippen molar-refractivity contribution in [3.63, 3.8) is 0 Å². The molecule has 4 rings (SSSR count). The first-order valence-electron chi connectivity index (χ1n) is 12.0. The van der Waals surface area contributed by atoms with Gasteiger partial charge in [-0.1, -0.05) is 54.6 Å². The van der Waals surface area contributed by atoms with Crippen LogP contribution < -0.4 is 0 Å². The fourth-order valence-electron chi connectivity index (χ4n) is 4.93. The van der Waals surface area contributed by atoms with E-state index in [0.717, 1.165) is 26.1 Å². The summed E-state index contributed by atoms with van der Waals surface area (Å²) in [5, 5.41) is 0. The van der Waals surface area contributed by atoms with Crippen LogP contribution in [0.2, 0.25) is 0 Å². The molecule has 0 N–H and O–H groups in total. The van der Waals surface area contributed by atoms with Crippen LogP contribution >= 0.6 is 0 Å². The van der Waals surface area contributed by atoms with E-state index in [2.05, 4.69) is 41.3 Å². The molecule has 2 amide bonds. The van der Waals surface area contributed by atoms with Crippen molar-refractivity contribution in [2.45, 2.75) is 45.2 Å². The maximum atomic E-state index is 13.3. The van der Waals surface area contributed by atoms with E-state index in [0.29, 0.717) is 32.5 Å². The standard InChI is InChI=1S/C27H35N3O2/c1-28(19-23-11-5-6-12-24(23)20-29-16-7-8-17-29)27(32)25-13-14-26(31)30(21-25)18-15-22-9-3-2-4-10-22/h2-6,9-12,25H,7-8,13-21H2,1H3. The number of rotatable bonds is 8. The molecule has 2 aromatic rings. The Morgan fingerprint density at radius 2 is 1.69 bits per heavy atom. The average Bonchev–Trinajstić information content (AvgIpc) is 3.33. The lowest BCUT2D eigenvalue weighted by Gasteiger charge is -2.34. The number of carbonyl (C=O) groups excluding carboxylic acids is 2. The van der Waals surface area contributed by atoms with Gasteiger partial charge in [0.1, 0.15) is 0 Å². The van der Waals surface area contributed by atoms with Gasteiger partial charge in [-0.15, -0.1) is 0 Å². The van der Waals surface area contributed by atoms with Gasteiger partial charge in [0.05, 0.1) is 5.92 Å². The predicted octanol–water partition coefficient (Wildman–Crippen LogP) is 3.72. The summed E-state index contributed by atoms with van der Waals surface area (Å²) < 4.78 is 0. The quantitative estimate of drug-likeness (QED) is 0.637. The Bertz CT molecular complexity index is 908. The smallest absolute Gasteiger partial charge is 0.227 e. The van der Waals surface area contributed by atoms with Gasteiger partial charge in [-0.25, -0.2) is 0 Å². The number of hydrogen-bond donors (Lipinski definition) is 0. The second-order valence-corrected chi connectivity index (χ2v) is 9.26. The first kappa shape index (κ1) is 22.5. The summed E-state index contributed by atoms with van der Waals surface area (Å²) in [6.07, 6.45) is 4.50. The van der Waals surface area contributed by atoms with Crippen molar-refractivity contribution in [2.75, 3.05) is 33.2 Å². The van der Waals surface area contributed by atoms with Crippen LogP contribution in [0, 0.1) is 5.92 Å². The van der Waals surface area contributed by atoms with E-state index in [1.54, 1.807) is 0 Å². The van der Waals surface area contributed by atoms with E-state index in [4.69, 9.17) is 0 Å². The SMILES string of the molecule is CN(Cc1ccccc1CN1CCCC1)C(=O)C1CCC(=O)N(CCc2ccccc2)C1. The molecule has 2 aromatic carbocycles. The maximum Gasteiger partial charge on any atom is 0.227 e. The Balaban J connectivity index is 1.34. The molecule has 2 aliphatic rings. The molecular formula is C27H35N3O2. The molecule has 32 heavy (non-hydrogen) atoms. The van der Waals surface area contributed by atoms with Gasteiger partial charge in [0.25, 0.3) is 0 Å². The molecule has 2 heterocycles. The van der Waals surface area contributed by atoms with Crippen molar-refractivity contribution in [3.05, 3.63) is 71.3 Å². The highest BCUT2D eigenvalue weighted by atomic mass is 16.2. The van der Waals surface area contributed by atoms with Crippen LogP contribution in [0.3, 0.4) is 0 Å². The molecule has 0 radical (unpaired) electrons. The molecule has 0 spiro atoms. The minimum Gasteiger partial charge on any atom is -0.342 e. The lowest BCUT2D eigenvalue weighted by Crippen LogP contribution is -2.46. The van der Waals surface area contributed by atoms with Gasteiger partial charge in [-0.05, 0) is 55.5 Å². The van der Waals surface area contributed by atoms with E-state index < -0.39 is 0 Å². The summed E-state index contributed by atoms with van der Waals surface area (Å²) in [5.41, 5.74) is 3.76. The number of hydrogen-bond acceptors (Lipinski definition) is 3. The number of benzene rings is 2. The van der Waals surface area contributed by atoms with Crippen molar-refractivity contribution < 1.29 is 9.59 Å². The third kappa shape index (κ3) is 5.77. The maximum absolute atomic E-state index is 13.3. The molecule has 2 fully saturated rings. The molecule has 0 saturated carbocycles. The summed E-state index contributed by atoms with van der Waals surface area (Å²) in [6, 6.07) is 18.7. The summed E-state index contributed by atoms with van der Waals surface area (Å²) in [5.74, 6) is 0.209. The molecule has 170 valence electrons. The van der Waals surface area contributed by atoms with E-state index in [9.17, 15) is 9.59 Å². The van der Waals surface area contributed by atoms with Crippen LogP contribution in [-0.2, 0) is 29.1 Å². The molecule has 2 saturated heterocycles. The molecular weight excluding hydrogens is 398 g/mol. The van der Waals surface area contributed by atoms with E-state index in [1.807, 2.05) is 35.0 Å². The van der Waals surface area contributed by atoms with Crippen molar-refractivity contribution in [3.8, 4) is 0 Å². The summed E-state index contributed by atoms with van der Waals surface area (Å²) in [7, 11) is 1.90. The summed E-state index contributed by atoms with van der Waals surface area (Å²) >= 11 is 0. The van der Waals surface area contributed by atoms with Gasteiger partial charge in [0, 0.05) is 39.6 Å². The number of amides is 2. The molecule has 5 nitrogen and oxygen atoms in total. The molecule has 0 bridgehead atoms. The van der Waals surface area contributed by atoms with Gasteiger partial charge in [-0.2, -0.15) is 0 Å². The number of carbonyl (C=O) groups is 2. The minimum atomic E-state index is -0.112. The van der Waals surface area contributed by atoms with Gasteiger partial charge in [0.2, 0.25) is 11.8 Å². The number of nitrogens with zero attached hydrogens (tertiary/aromatic N) is 3. The van der Waals surface area contributed by atoms with Crippen molar-refractivity contribution in [1.82, 2.24) is 14.7 Å². The third-order valence-electron chi connectivity index (χ3n) is 6.86. The molecule has 2 aliphatic heterocycles. The fraction of sp³-hybridized carbons (Fsp3) is 0.481. The largest absolute Gasteiger partial charge is 0.342 e. The van der Waals surface area contributed by atoms with Gasteiger partial charge >= 0.3 is 0 Å². The molecule has 5 heteroatoms. The van der Waals surface area contributed by atoms with Gasteiger partial charge < -0.3 is 9.80 Å². The highest BCUT2D eigenvalue weighted by Gasteiger charge is 2.31. The van der Waals surface area contributed by atoms with Crippen molar-refractivity contribution >= 4 is 11.8 Å². The Morgan fingerprint density at radius 3 is 2.44 bits per heavy atom.